The average Bonchev–Trinajstić information content (AvgIpc) is 3.08. The Morgan fingerprint density at radius 2 is 1.87 bits per heavy atom. The molecule has 1 saturated carbocycles. The van der Waals surface area contributed by atoms with Gasteiger partial charge in [0.25, 0.3) is 11.4 Å². The third-order valence-corrected chi connectivity index (χ3v) is 8.28. The molecule has 12 nitrogen and oxygen atoms in total. The minimum absolute atomic E-state index is 0.156. The first-order valence-electron chi connectivity index (χ1n) is 9.05. The molecule has 1 N–H and O–H groups in total. The van der Waals surface area contributed by atoms with E-state index in [2.05, 4.69) is 0 Å². The number of benzene rings is 1. The Morgan fingerprint density at radius 1 is 1.27 bits per heavy atom. The number of amides is 1. The lowest BCUT2D eigenvalue weighted by Gasteiger charge is -2.34. The molecule has 13 heteroatoms. The lowest BCUT2D eigenvalue weighted by Crippen LogP contribution is -2.44. The van der Waals surface area contributed by atoms with E-state index in [1.54, 1.807) is 0 Å². The van der Waals surface area contributed by atoms with Crippen LogP contribution in [0.3, 0.4) is 0 Å². The number of non-ortho nitro benzene ring substituents is 1. The predicted octanol–water partition coefficient (Wildman–Crippen LogP) is 2.15. The molecular weight excluding hydrogens is 420 g/mol. The number of carbonyl (C=O) groups is 1. The number of likely N-dealkylation sites (tertiary alicyclic amines) is 1. The summed E-state index contributed by atoms with van der Waals surface area (Å²) in [6, 6.07) is 1.86. The van der Waals surface area contributed by atoms with Crippen molar-refractivity contribution in [1.29, 1.82) is 0 Å². The van der Waals surface area contributed by atoms with Gasteiger partial charge in [-0.2, -0.15) is 4.31 Å². The lowest BCUT2D eigenvalue weighted by molar-refractivity contribution is -0.396. The summed E-state index contributed by atoms with van der Waals surface area (Å²) in [7, 11) is -3.06. The number of hydrogen-bond donors (Lipinski definition) is 1. The molecule has 1 aliphatic heterocycles. The first-order valence-corrected chi connectivity index (χ1v) is 10.5. The van der Waals surface area contributed by atoms with Crippen molar-refractivity contribution >= 4 is 27.5 Å². The van der Waals surface area contributed by atoms with E-state index in [0.717, 1.165) is 16.4 Å². The molecule has 1 aromatic rings. The molecule has 164 valence electrons. The largest absolute Gasteiger partial charge is 0.465 e. The Kier molecular flexibility index (Phi) is 4.82. The zero-order valence-electron chi connectivity index (χ0n) is 16.8. The molecule has 3 rings (SSSR count). The highest BCUT2D eigenvalue weighted by molar-refractivity contribution is 7.89. The summed E-state index contributed by atoms with van der Waals surface area (Å²) in [5.74, 6) is -0.259. The Labute approximate surface area is 172 Å². The van der Waals surface area contributed by atoms with Crippen LogP contribution in [0.5, 0.6) is 0 Å². The van der Waals surface area contributed by atoms with Gasteiger partial charge in [-0.05, 0) is 11.5 Å². The summed E-state index contributed by atoms with van der Waals surface area (Å²) in [6.07, 6.45) is -1.08. The maximum Gasteiger partial charge on any atom is 0.407 e. The number of carboxylic acid groups (broad SMARTS) is 1. The zero-order chi connectivity index (χ0) is 22.8. The van der Waals surface area contributed by atoms with E-state index in [0.29, 0.717) is 6.07 Å². The molecule has 2 aliphatic rings. The summed E-state index contributed by atoms with van der Waals surface area (Å²) >= 11 is 0. The number of nitrogens with zero attached hydrogens (tertiary/aromatic N) is 4. The number of nitro groups is 2. The van der Waals surface area contributed by atoms with E-state index < -0.39 is 59.1 Å². The topological polar surface area (TPSA) is 164 Å². The number of piperidine rings is 1. The fraction of sp³-hybridized carbons (Fsp3) is 0.588. The van der Waals surface area contributed by atoms with Crippen molar-refractivity contribution in [3.63, 3.8) is 0 Å². The molecular formula is C17H22N4O8S. The maximum atomic E-state index is 13.3. The molecule has 3 atom stereocenters. The highest BCUT2D eigenvalue weighted by Crippen LogP contribution is 2.69. The van der Waals surface area contributed by atoms with Gasteiger partial charge in [0.1, 0.15) is 0 Å². The number of hydrogen-bond acceptors (Lipinski definition) is 7. The monoisotopic (exact) mass is 442 g/mol. The van der Waals surface area contributed by atoms with Gasteiger partial charge in [-0.25, -0.2) is 13.2 Å². The number of nitro benzene ring substituents is 2. The van der Waals surface area contributed by atoms with E-state index in [1.807, 2.05) is 20.8 Å². The number of fused-ring (bicyclic) bond motifs is 1. The molecule has 1 aromatic carbocycles. The second-order valence-corrected chi connectivity index (χ2v) is 10.7. The maximum absolute atomic E-state index is 13.3. The van der Waals surface area contributed by atoms with Crippen LogP contribution in [0.4, 0.5) is 16.2 Å². The van der Waals surface area contributed by atoms with Gasteiger partial charge in [0.05, 0.1) is 15.9 Å². The third kappa shape index (κ3) is 2.99. The van der Waals surface area contributed by atoms with Crippen LogP contribution in [0.2, 0.25) is 0 Å². The van der Waals surface area contributed by atoms with Gasteiger partial charge in [0.2, 0.25) is 10.0 Å². The molecule has 1 amide bonds. The molecule has 2 fully saturated rings. The van der Waals surface area contributed by atoms with Gasteiger partial charge in [-0.1, -0.05) is 20.8 Å². The van der Waals surface area contributed by atoms with Crippen LogP contribution in [0.15, 0.2) is 23.1 Å². The van der Waals surface area contributed by atoms with Crippen LogP contribution < -0.4 is 0 Å². The Morgan fingerprint density at radius 3 is 2.30 bits per heavy atom. The highest BCUT2D eigenvalue weighted by Gasteiger charge is 2.76. The van der Waals surface area contributed by atoms with Crippen LogP contribution in [0.1, 0.15) is 20.8 Å². The molecule has 1 saturated heterocycles. The van der Waals surface area contributed by atoms with Crippen molar-refractivity contribution in [2.24, 2.45) is 16.7 Å². The Hall–Kier alpha value is -2.80. The third-order valence-electron chi connectivity index (χ3n) is 6.40. The quantitative estimate of drug-likeness (QED) is 0.535. The zero-order valence-corrected chi connectivity index (χ0v) is 17.6. The van der Waals surface area contributed by atoms with Gasteiger partial charge < -0.3 is 10.0 Å². The minimum atomic E-state index is -4.37. The van der Waals surface area contributed by atoms with Gasteiger partial charge in [-0.15, -0.1) is 0 Å². The van der Waals surface area contributed by atoms with Crippen LogP contribution in [0, 0.1) is 37.0 Å². The molecule has 0 radical (unpaired) electrons. The Balaban J connectivity index is 2.02. The lowest BCUT2D eigenvalue weighted by atomic mass is 9.76. The SMILES string of the molecule is CN(C1[C@@H]2CN(C(=O)O)C[C@@]12C(C)(C)C)S(=O)(=O)c1ccc([N+](=O)[O-])cc1[N+](=O)[O-]. The van der Waals surface area contributed by atoms with E-state index >= 15 is 0 Å². The van der Waals surface area contributed by atoms with Crippen LogP contribution in [-0.4, -0.2) is 64.8 Å². The molecule has 1 aliphatic carbocycles. The van der Waals surface area contributed by atoms with Crippen LogP contribution in [0.25, 0.3) is 0 Å². The molecule has 1 unspecified atom stereocenters. The number of rotatable bonds is 5. The summed E-state index contributed by atoms with van der Waals surface area (Å²) in [5, 5.41) is 31.7. The summed E-state index contributed by atoms with van der Waals surface area (Å²) in [5.41, 5.74) is -2.53. The molecule has 0 aromatic heterocycles. The fourth-order valence-electron chi connectivity index (χ4n) is 4.83. The highest BCUT2D eigenvalue weighted by atomic mass is 32.2. The van der Waals surface area contributed by atoms with Crippen molar-refractivity contribution in [1.82, 2.24) is 9.21 Å². The van der Waals surface area contributed by atoms with Gasteiger partial charge in [0.15, 0.2) is 4.90 Å². The second kappa shape index (κ2) is 6.60. The predicted molar refractivity (Wildman–Crippen MR) is 103 cm³/mol. The van der Waals surface area contributed by atoms with E-state index in [1.165, 1.54) is 11.9 Å². The van der Waals surface area contributed by atoms with E-state index in [9.17, 15) is 38.5 Å². The van der Waals surface area contributed by atoms with Crippen molar-refractivity contribution in [3.05, 3.63) is 38.4 Å². The summed E-state index contributed by atoms with van der Waals surface area (Å²) in [6.45, 7) is 6.03. The molecule has 1 heterocycles. The first-order chi connectivity index (χ1) is 13.7. The van der Waals surface area contributed by atoms with Crippen LogP contribution in [-0.2, 0) is 10.0 Å². The van der Waals surface area contributed by atoms with E-state index in [-0.39, 0.29) is 19.0 Å². The molecule has 30 heavy (non-hydrogen) atoms. The fourth-order valence-corrected chi connectivity index (χ4v) is 6.42. The Bertz CT molecular complexity index is 1050. The standard InChI is InChI=1S/C17H22N4O8S/c1-16(2,3)17-9-19(15(22)23)8-11(17)14(17)18(4)30(28,29)13-6-5-10(20(24)25)7-12(13)21(26)27/h5-7,11,14H,8-9H2,1-4H3,(H,22,23)/t11-,14?,17-/m0/s1. The minimum Gasteiger partial charge on any atom is -0.465 e. The van der Waals surface area contributed by atoms with Gasteiger partial charge in [-0.3, -0.25) is 20.2 Å². The van der Waals surface area contributed by atoms with Crippen molar-refractivity contribution < 1.29 is 28.2 Å². The molecule has 0 bridgehead atoms. The van der Waals surface area contributed by atoms with Gasteiger partial charge >= 0.3 is 6.09 Å². The molecule has 0 spiro atoms. The summed E-state index contributed by atoms with van der Waals surface area (Å²) < 4.78 is 27.6. The second-order valence-electron chi connectivity index (χ2n) is 8.69. The van der Waals surface area contributed by atoms with Crippen LogP contribution >= 0.6 is 0 Å². The van der Waals surface area contributed by atoms with Crippen molar-refractivity contribution in [2.75, 3.05) is 20.1 Å². The smallest absolute Gasteiger partial charge is 0.407 e. The number of sulfonamides is 1. The van der Waals surface area contributed by atoms with Crippen molar-refractivity contribution in [2.45, 2.75) is 31.7 Å². The average molecular weight is 442 g/mol. The normalized spacial score (nSPS) is 25.8. The van der Waals surface area contributed by atoms with E-state index in [4.69, 9.17) is 0 Å². The van der Waals surface area contributed by atoms with Crippen molar-refractivity contribution in [3.8, 4) is 0 Å². The van der Waals surface area contributed by atoms with Gasteiger partial charge in [0, 0.05) is 43.6 Å². The summed E-state index contributed by atoms with van der Waals surface area (Å²) in [4.78, 5) is 32.6. The first kappa shape index (κ1) is 21.9.